The van der Waals surface area contributed by atoms with Gasteiger partial charge in [0.25, 0.3) is 5.91 Å². The third-order valence-electron chi connectivity index (χ3n) is 2.66. The van der Waals surface area contributed by atoms with E-state index in [1.165, 1.54) is 6.07 Å². The van der Waals surface area contributed by atoms with Crippen LogP contribution in [0.15, 0.2) is 24.8 Å². The first-order valence-corrected chi connectivity index (χ1v) is 5.76. The van der Waals surface area contributed by atoms with Crippen molar-refractivity contribution in [1.29, 1.82) is 0 Å². The zero-order valence-corrected chi connectivity index (χ0v) is 10.1. The summed E-state index contributed by atoms with van der Waals surface area (Å²) in [4.78, 5) is 15.9. The number of H-pyrrole nitrogens is 1. The predicted molar refractivity (Wildman–Crippen MR) is 66.8 cm³/mol. The van der Waals surface area contributed by atoms with Gasteiger partial charge in [-0.3, -0.25) is 9.89 Å². The highest BCUT2D eigenvalue weighted by Crippen LogP contribution is 2.03. The van der Waals surface area contributed by atoms with E-state index in [1.807, 2.05) is 17.7 Å². The highest BCUT2D eigenvalue weighted by molar-refractivity contribution is 5.93. The number of hydrogen-bond donors (Lipinski definition) is 3. The van der Waals surface area contributed by atoms with Crippen molar-refractivity contribution in [3.8, 4) is 0 Å². The number of nitrogens with one attached hydrogen (secondary N) is 2. The number of nitrogens with zero attached hydrogens (tertiary/aromatic N) is 3. The summed E-state index contributed by atoms with van der Waals surface area (Å²) in [6.45, 7) is 2.70. The Morgan fingerprint density at radius 3 is 3.06 bits per heavy atom. The molecule has 0 spiro atoms. The molecule has 0 aliphatic rings. The van der Waals surface area contributed by atoms with Crippen molar-refractivity contribution in [1.82, 2.24) is 25.1 Å². The maximum atomic E-state index is 11.9. The van der Waals surface area contributed by atoms with E-state index >= 15 is 0 Å². The first kappa shape index (κ1) is 12.2. The number of amides is 1. The number of anilines is 1. The lowest BCUT2D eigenvalue weighted by Gasteiger charge is -2.16. The number of carbonyl (C=O) groups excluding carboxylic acids is 1. The van der Waals surface area contributed by atoms with Crippen LogP contribution < -0.4 is 11.1 Å². The highest BCUT2D eigenvalue weighted by Gasteiger charge is 2.14. The van der Waals surface area contributed by atoms with Crippen molar-refractivity contribution in [3.63, 3.8) is 0 Å². The Bertz CT molecular complexity index is 503. The first-order valence-electron chi connectivity index (χ1n) is 5.76. The Morgan fingerprint density at radius 1 is 1.67 bits per heavy atom. The Labute approximate surface area is 104 Å². The van der Waals surface area contributed by atoms with Gasteiger partial charge in [-0.15, -0.1) is 0 Å². The Morgan fingerprint density at radius 2 is 2.50 bits per heavy atom. The maximum Gasteiger partial charge on any atom is 0.269 e. The number of nitrogen functional groups attached to an aromatic ring is 1. The van der Waals surface area contributed by atoms with Gasteiger partial charge in [0.15, 0.2) is 0 Å². The number of nitrogens with two attached hydrogens (primary N) is 1. The fraction of sp³-hybridized carbons (Fsp3) is 0.364. The molecule has 0 aliphatic heterocycles. The van der Waals surface area contributed by atoms with Gasteiger partial charge in [0.2, 0.25) is 0 Å². The minimum atomic E-state index is -0.203. The van der Waals surface area contributed by atoms with Gasteiger partial charge in [0.05, 0.1) is 6.33 Å². The molecular weight excluding hydrogens is 232 g/mol. The van der Waals surface area contributed by atoms with Crippen LogP contribution in [0.2, 0.25) is 0 Å². The highest BCUT2D eigenvalue weighted by atomic mass is 16.2. The molecule has 2 rings (SSSR count). The van der Waals surface area contributed by atoms with Crippen LogP contribution in [0.25, 0.3) is 0 Å². The van der Waals surface area contributed by atoms with Crippen LogP contribution in [0.1, 0.15) is 23.8 Å². The van der Waals surface area contributed by atoms with E-state index in [-0.39, 0.29) is 11.9 Å². The Kier molecular flexibility index (Phi) is 3.61. The second-order valence-electron chi connectivity index (χ2n) is 4.04. The van der Waals surface area contributed by atoms with Crippen molar-refractivity contribution in [2.24, 2.45) is 0 Å². The summed E-state index contributed by atoms with van der Waals surface area (Å²) in [6.07, 6.45) is 6.13. The van der Waals surface area contributed by atoms with E-state index < -0.39 is 0 Å². The molecule has 7 heteroatoms. The SMILES string of the molecule is CCC(Cn1ccnc1)NC(=O)c1cc(N)n[nH]1. The normalized spacial score (nSPS) is 12.3. The summed E-state index contributed by atoms with van der Waals surface area (Å²) in [7, 11) is 0. The van der Waals surface area contributed by atoms with Crippen molar-refractivity contribution in [3.05, 3.63) is 30.5 Å². The molecule has 96 valence electrons. The smallest absolute Gasteiger partial charge is 0.269 e. The number of aromatic nitrogens is 4. The van der Waals surface area contributed by atoms with Crippen LogP contribution in [0, 0.1) is 0 Å². The average molecular weight is 248 g/mol. The molecule has 2 aromatic heterocycles. The average Bonchev–Trinajstić information content (AvgIpc) is 2.99. The zero-order chi connectivity index (χ0) is 13.0. The third-order valence-corrected chi connectivity index (χ3v) is 2.66. The van der Waals surface area contributed by atoms with E-state index in [9.17, 15) is 4.79 Å². The fourth-order valence-electron chi connectivity index (χ4n) is 1.64. The molecule has 0 aliphatic carbocycles. The van der Waals surface area contributed by atoms with Gasteiger partial charge in [-0.25, -0.2) is 4.98 Å². The third kappa shape index (κ3) is 2.88. The van der Waals surface area contributed by atoms with Crippen LogP contribution >= 0.6 is 0 Å². The Balaban J connectivity index is 1.96. The molecule has 4 N–H and O–H groups in total. The molecule has 0 saturated carbocycles. The molecule has 0 bridgehead atoms. The van der Waals surface area contributed by atoms with Crippen LogP contribution in [-0.4, -0.2) is 31.7 Å². The molecule has 1 amide bonds. The monoisotopic (exact) mass is 248 g/mol. The van der Waals surface area contributed by atoms with Crippen LogP contribution in [0.4, 0.5) is 5.82 Å². The summed E-state index contributed by atoms with van der Waals surface area (Å²) in [5.41, 5.74) is 5.83. The molecule has 1 unspecified atom stereocenters. The summed E-state index contributed by atoms with van der Waals surface area (Å²) < 4.78 is 1.93. The lowest BCUT2D eigenvalue weighted by molar-refractivity contribution is 0.0927. The number of imidazole rings is 1. The summed E-state index contributed by atoms with van der Waals surface area (Å²) in [5.74, 6) is 0.106. The zero-order valence-electron chi connectivity index (χ0n) is 10.1. The standard InChI is InChI=1S/C11H16N6O/c1-2-8(6-17-4-3-13-7-17)14-11(18)9-5-10(12)16-15-9/h3-5,7-8H,2,6H2,1H3,(H,14,18)(H3,12,15,16). The summed E-state index contributed by atoms with van der Waals surface area (Å²) >= 11 is 0. The lowest BCUT2D eigenvalue weighted by Crippen LogP contribution is -2.37. The summed E-state index contributed by atoms with van der Waals surface area (Å²) in [5, 5.41) is 9.23. The van der Waals surface area contributed by atoms with Gasteiger partial charge in [-0.2, -0.15) is 5.10 Å². The maximum absolute atomic E-state index is 11.9. The molecule has 1 atom stereocenters. The number of hydrogen-bond acceptors (Lipinski definition) is 4. The van der Waals surface area contributed by atoms with Gasteiger partial charge in [0.1, 0.15) is 11.5 Å². The minimum Gasteiger partial charge on any atom is -0.382 e. The van der Waals surface area contributed by atoms with Crippen molar-refractivity contribution >= 4 is 11.7 Å². The molecule has 0 saturated heterocycles. The molecule has 7 nitrogen and oxygen atoms in total. The van der Waals surface area contributed by atoms with Crippen LogP contribution in [0.3, 0.4) is 0 Å². The second kappa shape index (κ2) is 5.35. The molecule has 2 heterocycles. The van der Waals surface area contributed by atoms with Crippen molar-refractivity contribution in [2.45, 2.75) is 25.9 Å². The van der Waals surface area contributed by atoms with E-state index in [0.717, 1.165) is 6.42 Å². The van der Waals surface area contributed by atoms with E-state index in [1.54, 1.807) is 12.5 Å². The van der Waals surface area contributed by atoms with Gasteiger partial charge < -0.3 is 15.6 Å². The fourth-order valence-corrected chi connectivity index (χ4v) is 1.64. The van der Waals surface area contributed by atoms with Gasteiger partial charge in [-0.05, 0) is 6.42 Å². The molecule has 18 heavy (non-hydrogen) atoms. The van der Waals surface area contributed by atoms with E-state index in [2.05, 4.69) is 20.5 Å². The van der Waals surface area contributed by atoms with E-state index in [0.29, 0.717) is 18.1 Å². The number of aromatic amines is 1. The molecule has 0 radical (unpaired) electrons. The summed E-state index contributed by atoms with van der Waals surface area (Å²) in [6, 6.07) is 1.55. The largest absolute Gasteiger partial charge is 0.382 e. The predicted octanol–water partition coefficient (Wildman–Crippen LogP) is 0.397. The van der Waals surface area contributed by atoms with Gasteiger partial charge in [0, 0.05) is 31.0 Å². The minimum absolute atomic E-state index is 0.0382. The van der Waals surface area contributed by atoms with Gasteiger partial charge in [-0.1, -0.05) is 6.92 Å². The van der Waals surface area contributed by atoms with Crippen LogP contribution in [-0.2, 0) is 6.54 Å². The number of rotatable bonds is 5. The number of carbonyl (C=O) groups is 1. The second-order valence-corrected chi connectivity index (χ2v) is 4.04. The molecule has 0 fully saturated rings. The lowest BCUT2D eigenvalue weighted by atomic mass is 10.2. The molecular formula is C11H16N6O. The molecule has 2 aromatic rings. The van der Waals surface area contributed by atoms with Crippen molar-refractivity contribution in [2.75, 3.05) is 5.73 Å². The van der Waals surface area contributed by atoms with Gasteiger partial charge >= 0.3 is 0 Å². The quantitative estimate of drug-likeness (QED) is 0.712. The first-order chi connectivity index (χ1) is 8.69. The van der Waals surface area contributed by atoms with Crippen molar-refractivity contribution < 1.29 is 4.79 Å². The topological polar surface area (TPSA) is 102 Å². The Hall–Kier alpha value is -2.31. The molecule has 0 aromatic carbocycles. The van der Waals surface area contributed by atoms with Crippen LogP contribution in [0.5, 0.6) is 0 Å². The van der Waals surface area contributed by atoms with E-state index in [4.69, 9.17) is 5.73 Å².